The second kappa shape index (κ2) is 16.0. The van der Waals surface area contributed by atoms with E-state index >= 15 is 0 Å². The number of phenols is 2. The fourth-order valence-corrected chi connectivity index (χ4v) is 6.60. The first-order chi connectivity index (χ1) is 22.3. The van der Waals surface area contributed by atoms with Gasteiger partial charge < -0.3 is 20.4 Å². The van der Waals surface area contributed by atoms with Gasteiger partial charge >= 0.3 is 0 Å². The third kappa shape index (κ3) is 11.8. The summed E-state index contributed by atoms with van der Waals surface area (Å²) in [6, 6.07) is 3.68. The van der Waals surface area contributed by atoms with Gasteiger partial charge in [0.25, 0.3) is 40.5 Å². The number of phenolic OH excluding ortho intramolecular Hbond substituents is 2. The van der Waals surface area contributed by atoms with Crippen molar-refractivity contribution >= 4 is 40.5 Å². The topological polar surface area (TPSA) is 298 Å². The number of rotatable bonds is 15. The quantitative estimate of drug-likeness (QED) is 0.0733. The fourth-order valence-electron chi connectivity index (χ4n) is 4.50. The van der Waals surface area contributed by atoms with E-state index in [0.29, 0.717) is 0 Å². The summed E-state index contributed by atoms with van der Waals surface area (Å²) in [6.45, 7) is 2.84. The van der Waals surface area contributed by atoms with Crippen molar-refractivity contribution in [1.82, 2.24) is 0 Å². The number of aromatic hydroxyl groups is 2. The molecule has 0 aliphatic rings. The number of hydrogen-bond donors (Lipinski definition) is 8. The van der Waals surface area contributed by atoms with Crippen LogP contribution in [0.2, 0.25) is 0 Å². The molecule has 0 heterocycles. The van der Waals surface area contributed by atoms with Gasteiger partial charge in [-0.15, -0.1) is 0 Å². The minimum Gasteiger partial charge on any atom is -0.512 e. The minimum absolute atomic E-state index is 0.0249. The van der Waals surface area contributed by atoms with Gasteiger partial charge in [-0.05, 0) is 104 Å². The van der Waals surface area contributed by atoms with Crippen molar-refractivity contribution in [1.29, 1.82) is 0 Å². The van der Waals surface area contributed by atoms with Crippen molar-refractivity contribution in [2.45, 2.75) is 62.7 Å². The van der Waals surface area contributed by atoms with Gasteiger partial charge in [-0.3, -0.25) is 18.2 Å². The molecule has 2 aromatic rings. The van der Waals surface area contributed by atoms with Crippen molar-refractivity contribution in [3.63, 3.8) is 0 Å². The lowest BCUT2D eigenvalue weighted by atomic mass is 9.96. The van der Waals surface area contributed by atoms with Crippen LogP contribution in [0, 0.1) is 0 Å². The summed E-state index contributed by atoms with van der Waals surface area (Å²) in [5.41, 5.74) is -0.800. The average molecular weight is 769 g/mol. The molecule has 2 aromatic carbocycles. The Labute approximate surface area is 284 Å². The highest BCUT2D eigenvalue weighted by Crippen LogP contribution is 2.33. The van der Waals surface area contributed by atoms with Crippen molar-refractivity contribution < 1.29 is 72.3 Å². The Morgan fingerprint density at radius 2 is 1.16 bits per heavy atom. The van der Waals surface area contributed by atoms with Gasteiger partial charge in [0.2, 0.25) is 0 Å². The summed E-state index contributed by atoms with van der Waals surface area (Å²) in [4.78, 5) is -2.67. The van der Waals surface area contributed by atoms with Gasteiger partial charge in [0.05, 0.1) is 32.0 Å². The summed E-state index contributed by atoms with van der Waals surface area (Å²) in [6.07, 6.45) is 1.27. The summed E-state index contributed by atoms with van der Waals surface area (Å²) in [7, 11) is -19.3. The third-order valence-electron chi connectivity index (χ3n) is 7.11. The van der Waals surface area contributed by atoms with Crippen molar-refractivity contribution in [3.8, 4) is 11.5 Å². The first kappa shape index (κ1) is 41.6. The van der Waals surface area contributed by atoms with Gasteiger partial charge in [-0.25, -0.2) is 0 Å². The number of hydrogen-bond acceptors (Lipinski definition) is 12. The fraction of sp³-hybridized carbons (Fsp3) is 0.310. The van der Waals surface area contributed by atoms with Crippen LogP contribution in [-0.4, -0.2) is 78.9 Å². The molecular weight excluding hydrogens is 733 g/mol. The molecule has 0 spiro atoms. The molecule has 0 saturated heterocycles. The van der Waals surface area contributed by atoms with Crippen LogP contribution in [0.3, 0.4) is 0 Å². The zero-order chi connectivity index (χ0) is 37.7. The molecule has 16 nitrogen and oxygen atoms in total. The molecule has 0 unspecified atom stereocenters. The second-order valence-corrected chi connectivity index (χ2v) is 16.6. The summed E-state index contributed by atoms with van der Waals surface area (Å²) in [5, 5.41) is 41.6. The highest BCUT2D eigenvalue weighted by atomic mass is 32.2. The van der Waals surface area contributed by atoms with Crippen molar-refractivity contribution in [2.75, 3.05) is 6.61 Å². The van der Waals surface area contributed by atoms with E-state index in [1.807, 2.05) is 0 Å². The predicted octanol–water partition coefficient (Wildman–Crippen LogP) is 3.19. The van der Waals surface area contributed by atoms with Crippen LogP contribution in [-0.2, 0) is 66.2 Å². The summed E-state index contributed by atoms with van der Waals surface area (Å²) >= 11 is 0. The van der Waals surface area contributed by atoms with Crippen LogP contribution in [0.15, 0.2) is 79.0 Å². The SMILES string of the molecule is CCc1cc(S(=O)(=O)O)cc(CC/C=C(\C=C(/CO)Cc2cc(S(=O)(=O)O)cc(CC(/C=C(\C)S(=O)(=O)O)=C(/C)O)c2O)S(=O)(=O)O)c1O. The molecule has 272 valence electrons. The molecule has 0 saturated carbocycles. The number of benzene rings is 2. The first-order valence-electron chi connectivity index (χ1n) is 14.0. The molecular formula is C29H36O16S4. The smallest absolute Gasteiger partial charge is 0.294 e. The van der Waals surface area contributed by atoms with Gasteiger partial charge in [0.1, 0.15) is 11.5 Å². The zero-order valence-electron chi connectivity index (χ0n) is 26.3. The first-order valence-corrected chi connectivity index (χ1v) is 19.7. The minimum atomic E-state index is -5.00. The summed E-state index contributed by atoms with van der Waals surface area (Å²) in [5.74, 6) is -1.45. The molecule has 49 heavy (non-hydrogen) atoms. The highest BCUT2D eigenvalue weighted by molar-refractivity contribution is 7.90. The van der Waals surface area contributed by atoms with E-state index in [9.17, 15) is 72.3 Å². The van der Waals surface area contributed by atoms with E-state index in [1.165, 1.54) is 0 Å². The Hall–Kier alpha value is -3.60. The maximum absolute atomic E-state index is 12.2. The molecule has 0 aromatic heterocycles. The normalized spacial score (nSPS) is 14.6. The highest BCUT2D eigenvalue weighted by Gasteiger charge is 2.21. The molecule has 0 radical (unpaired) electrons. The van der Waals surface area contributed by atoms with Crippen LogP contribution >= 0.6 is 0 Å². The Bertz CT molecular complexity index is 2170. The van der Waals surface area contributed by atoms with E-state index in [1.54, 1.807) is 6.92 Å². The largest absolute Gasteiger partial charge is 0.512 e. The van der Waals surface area contributed by atoms with Crippen LogP contribution < -0.4 is 0 Å². The van der Waals surface area contributed by atoms with Crippen LogP contribution in [0.1, 0.15) is 49.4 Å². The van der Waals surface area contributed by atoms with Crippen LogP contribution in [0.4, 0.5) is 0 Å². The van der Waals surface area contributed by atoms with Gasteiger partial charge in [0.15, 0.2) is 0 Å². The van der Waals surface area contributed by atoms with Gasteiger partial charge in [0, 0.05) is 12.0 Å². The monoisotopic (exact) mass is 768 g/mol. The average Bonchev–Trinajstić information content (AvgIpc) is 2.95. The Morgan fingerprint density at radius 1 is 0.694 bits per heavy atom. The zero-order valence-corrected chi connectivity index (χ0v) is 29.5. The van der Waals surface area contributed by atoms with Crippen molar-refractivity contribution in [2.24, 2.45) is 0 Å². The molecule has 20 heteroatoms. The predicted molar refractivity (Wildman–Crippen MR) is 176 cm³/mol. The standard InChI is InChI=1S/C29H36O16S4/c1-4-20-12-26(48(40,41)42)13-21(28(20)32)6-5-7-25(47(37,38)39)10-19(16-30)9-23-14-27(49(43,44)45)15-24(29(23)33)11-22(18(3)31)8-17(2)46(34,35)36/h7-8,10,12-15,30-33H,4-6,9,11,16H2,1-3H3,(H,34,35,36)(H,37,38,39)(H,40,41,42)(H,43,44,45)/b17-8+,19-10-,22-18-,25-7+. The molecule has 0 aliphatic carbocycles. The van der Waals surface area contributed by atoms with Crippen molar-refractivity contribution in [3.05, 3.63) is 91.5 Å². The van der Waals surface area contributed by atoms with E-state index < -0.39 is 91.0 Å². The maximum atomic E-state index is 12.2. The summed E-state index contributed by atoms with van der Waals surface area (Å²) < 4.78 is 133. The van der Waals surface area contributed by atoms with E-state index in [2.05, 4.69) is 0 Å². The molecule has 8 N–H and O–H groups in total. The van der Waals surface area contributed by atoms with Gasteiger partial charge in [-0.2, -0.15) is 33.7 Å². The second-order valence-electron chi connectivity index (χ2n) is 10.8. The molecule has 0 amide bonds. The van der Waals surface area contributed by atoms with Crippen LogP contribution in [0.5, 0.6) is 11.5 Å². The van der Waals surface area contributed by atoms with Crippen LogP contribution in [0.25, 0.3) is 0 Å². The number of aliphatic hydroxyl groups excluding tert-OH is 2. The lowest BCUT2D eigenvalue weighted by Crippen LogP contribution is -2.07. The third-order valence-corrected chi connectivity index (χ3v) is 10.6. The van der Waals surface area contributed by atoms with Gasteiger partial charge in [-0.1, -0.05) is 13.0 Å². The lowest BCUT2D eigenvalue weighted by molar-refractivity contribution is 0.328. The maximum Gasteiger partial charge on any atom is 0.294 e. The Morgan fingerprint density at radius 3 is 1.59 bits per heavy atom. The molecule has 0 aliphatic heterocycles. The molecule has 0 fully saturated rings. The van der Waals surface area contributed by atoms with E-state index in [4.69, 9.17) is 0 Å². The molecule has 0 atom stereocenters. The molecule has 2 rings (SSSR count). The number of aryl methyl sites for hydroxylation is 2. The van der Waals surface area contributed by atoms with E-state index in [-0.39, 0.29) is 58.4 Å². The number of aliphatic hydroxyl groups is 2. The van der Waals surface area contributed by atoms with E-state index in [0.717, 1.165) is 56.3 Å². The Balaban J connectivity index is 2.63. The lowest BCUT2D eigenvalue weighted by Gasteiger charge is -2.15. The Kier molecular flexibility index (Phi) is 13.5. The number of allylic oxidation sites excluding steroid dienone is 6. The molecule has 0 bridgehead atoms.